The van der Waals surface area contributed by atoms with Crippen molar-refractivity contribution >= 4 is 17.5 Å². The lowest BCUT2D eigenvalue weighted by atomic mass is 10.1. The number of amides is 2. The summed E-state index contributed by atoms with van der Waals surface area (Å²) in [6.07, 6.45) is 5.02. The summed E-state index contributed by atoms with van der Waals surface area (Å²) in [5.41, 5.74) is 3.64. The Kier molecular flexibility index (Phi) is 4.75. The molecule has 1 unspecified atom stereocenters. The maximum absolute atomic E-state index is 12.6. The van der Waals surface area contributed by atoms with Gasteiger partial charge in [0.15, 0.2) is 0 Å². The summed E-state index contributed by atoms with van der Waals surface area (Å²) in [6.45, 7) is 0.702. The van der Waals surface area contributed by atoms with Gasteiger partial charge in [-0.2, -0.15) is 0 Å². The number of nitrogens with one attached hydrogen (secondary N) is 2. The maximum Gasteiger partial charge on any atom is 0.253 e. The van der Waals surface area contributed by atoms with Crippen LogP contribution in [0, 0.1) is 0 Å². The molecule has 1 aliphatic rings. The van der Waals surface area contributed by atoms with Gasteiger partial charge in [-0.3, -0.25) is 9.59 Å². The highest BCUT2D eigenvalue weighted by Gasteiger charge is 2.25. The maximum atomic E-state index is 12.6. The molecule has 0 saturated heterocycles. The standard InChI is InChI=1S/C22H21N3O2/c26-21(18-12-13-25(15-18)14-16-6-2-1-3-7-16)24-20-11-10-17-8-4-5-9-19(17)23-22(20)27/h1-9,12-13,15,20H,10-11,14H2,(H,23,27)(H,24,26). The molecule has 0 saturated carbocycles. The van der Waals surface area contributed by atoms with Crippen molar-refractivity contribution < 1.29 is 9.59 Å². The fourth-order valence-electron chi connectivity index (χ4n) is 3.36. The fraction of sp³-hybridized carbons (Fsp3) is 0.182. The number of benzene rings is 2. The van der Waals surface area contributed by atoms with Crippen LogP contribution >= 0.6 is 0 Å². The van der Waals surface area contributed by atoms with Gasteiger partial charge in [-0.15, -0.1) is 0 Å². The third-order valence-electron chi connectivity index (χ3n) is 4.82. The summed E-state index contributed by atoms with van der Waals surface area (Å²) in [4.78, 5) is 25.1. The number of anilines is 1. The van der Waals surface area contributed by atoms with Crippen molar-refractivity contribution in [3.8, 4) is 0 Å². The predicted molar refractivity (Wildman–Crippen MR) is 105 cm³/mol. The SMILES string of the molecule is O=C(NC1CCc2ccccc2NC1=O)c1ccn(Cc2ccccc2)c1. The van der Waals surface area contributed by atoms with Crippen molar-refractivity contribution in [2.45, 2.75) is 25.4 Å². The number of aromatic nitrogens is 1. The van der Waals surface area contributed by atoms with Crippen LogP contribution < -0.4 is 10.6 Å². The summed E-state index contributed by atoms with van der Waals surface area (Å²) < 4.78 is 1.97. The van der Waals surface area contributed by atoms with Crippen LogP contribution in [0.5, 0.6) is 0 Å². The molecule has 2 N–H and O–H groups in total. The quantitative estimate of drug-likeness (QED) is 0.751. The number of carbonyl (C=O) groups is 2. The van der Waals surface area contributed by atoms with Crippen molar-refractivity contribution in [1.82, 2.24) is 9.88 Å². The Hall–Kier alpha value is -3.34. The number of hydrogen-bond acceptors (Lipinski definition) is 2. The largest absolute Gasteiger partial charge is 0.349 e. The Morgan fingerprint density at radius 1 is 1.07 bits per heavy atom. The van der Waals surface area contributed by atoms with Gasteiger partial charge in [-0.05, 0) is 36.1 Å². The number of aryl methyl sites for hydroxylation is 1. The lowest BCUT2D eigenvalue weighted by Crippen LogP contribution is -2.43. The Bertz CT molecular complexity index is 962. The van der Waals surface area contributed by atoms with Gasteiger partial charge in [-0.1, -0.05) is 48.5 Å². The van der Waals surface area contributed by atoms with E-state index in [4.69, 9.17) is 0 Å². The van der Waals surface area contributed by atoms with Crippen molar-refractivity contribution in [3.63, 3.8) is 0 Å². The summed E-state index contributed by atoms with van der Waals surface area (Å²) in [5, 5.41) is 5.78. The van der Waals surface area contributed by atoms with E-state index < -0.39 is 6.04 Å². The summed E-state index contributed by atoms with van der Waals surface area (Å²) in [7, 11) is 0. The van der Waals surface area contributed by atoms with Crippen LogP contribution in [0.15, 0.2) is 73.1 Å². The van der Waals surface area contributed by atoms with E-state index in [0.29, 0.717) is 18.5 Å². The normalized spacial score (nSPS) is 16.1. The predicted octanol–water partition coefficient (Wildman–Crippen LogP) is 3.22. The van der Waals surface area contributed by atoms with E-state index in [1.807, 2.05) is 71.6 Å². The molecule has 5 heteroatoms. The van der Waals surface area contributed by atoms with Crippen LogP contribution in [0.1, 0.15) is 27.9 Å². The first kappa shape index (κ1) is 17.1. The molecule has 0 bridgehead atoms. The molecule has 0 spiro atoms. The Morgan fingerprint density at radius 3 is 2.70 bits per heavy atom. The topological polar surface area (TPSA) is 63.1 Å². The summed E-state index contributed by atoms with van der Waals surface area (Å²) in [6, 6.07) is 19.1. The Morgan fingerprint density at radius 2 is 1.85 bits per heavy atom. The van der Waals surface area contributed by atoms with E-state index in [-0.39, 0.29) is 11.8 Å². The monoisotopic (exact) mass is 359 g/mol. The highest BCUT2D eigenvalue weighted by Crippen LogP contribution is 2.21. The molecule has 2 aromatic carbocycles. The molecule has 1 atom stereocenters. The highest BCUT2D eigenvalue weighted by atomic mass is 16.2. The fourth-order valence-corrected chi connectivity index (χ4v) is 3.36. The van der Waals surface area contributed by atoms with Crippen LogP contribution in [0.2, 0.25) is 0 Å². The lowest BCUT2D eigenvalue weighted by Gasteiger charge is -2.14. The van der Waals surface area contributed by atoms with Gasteiger partial charge in [0.1, 0.15) is 6.04 Å². The molecule has 27 heavy (non-hydrogen) atoms. The summed E-state index contributed by atoms with van der Waals surface area (Å²) >= 11 is 0. The average molecular weight is 359 g/mol. The van der Waals surface area contributed by atoms with E-state index in [0.717, 1.165) is 17.7 Å². The van der Waals surface area contributed by atoms with E-state index >= 15 is 0 Å². The van der Waals surface area contributed by atoms with E-state index in [1.165, 1.54) is 5.56 Å². The zero-order chi connectivity index (χ0) is 18.6. The molecule has 0 aliphatic carbocycles. The minimum absolute atomic E-state index is 0.169. The number of carbonyl (C=O) groups excluding carboxylic acids is 2. The van der Waals surface area contributed by atoms with Crippen molar-refractivity contribution in [3.05, 3.63) is 89.7 Å². The molecule has 4 rings (SSSR count). The molecular formula is C22H21N3O2. The third kappa shape index (κ3) is 3.92. The second kappa shape index (κ2) is 7.50. The van der Waals surface area contributed by atoms with Gasteiger partial charge in [0.25, 0.3) is 5.91 Å². The van der Waals surface area contributed by atoms with Gasteiger partial charge >= 0.3 is 0 Å². The molecular weight excluding hydrogens is 338 g/mol. The second-order valence-electron chi connectivity index (χ2n) is 6.77. The lowest BCUT2D eigenvalue weighted by molar-refractivity contribution is -0.118. The minimum atomic E-state index is -0.539. The highest BCUT2D eigenvalue weighted by molar-refractivity contribution is 6.01. The smallest absolute Gasteiger partial charge is 0.253 e. The van der Waals surface area contributed by atoms with Crippen LogP contribution in [0.3, 0.4) is 0 Å². The Balaban J connectivity index is 1.41. The van der Waals surface area contributed by atoms with Crippen LogP contribution in [-0.4, -0.2) is 22.4 Å². The first-order valence-electron chi connectivity index (χ1n) is 9.08. The van der Waals surface area contributed by atoms with Crippen LogP contribution in [0.4, 0.5) is 5.69 Å². The van der Waals surface area contributed by atoms with E-state index in [9.17, 15) is 9.59 Å². The van der Waals surface area contributed by atoms with Crippen LogP contribution in [0.25, 0.3) is 0 Å². The summed E-state index contributed by atoms with van der Waals surface area (Å²) in [5.74, 6) is -0.398. The van der Waals surface area contributed by atoms with Crippen molar-refractivity contribution in [2.75, 3.05) is 5.32 Å². The zero-order valence-corrected chi connectivity index (χ0v) is 14.9. The number of fused-ring (bicyclic) bond motifs is 1. The van der Waals surface area contributed by atoms with Crippen LogP contribution in [-0.2, 0) is 17.8 Å². The van der Waals surface area contributed by atoms with Gasteiger partial charge in [0.2, 0.25) is 5.91 Å². The van der Waals surface area contributed by atoms with Gasteiger partial charge in [0.05, 0.1) is 5.56 Å². The third-order valence-corrected chi connectivity index (χ3v) is 4.82. The number of rotatable bonds is 4. The average Bonchev–Trinajstić information content (AvgIpc) is 3.09. The molecule has 0 radical (unpaired) electrons. The van der Waals surface area contributed by atoms with Gasteiger partial charge in [0, 0.05) is 24.6 Å². The molecule has 1 aliphatic heterocycles. The van der Waals surface area contributed by atoms with Crippen molar-refractivity contribution in [1.29, 1.82) is 0 Å². The van der Waals surface area contributed by atoms with Gasteiger partial charge in [-0.25, -0.2) is 0 Å². The Labute approximate surface area is 158 Å². The molecule has 5 nitrogen and oxygen atoms in total. The number of hydrogen-bond donors (Lipinski definition) is 2. The number of para-hydroxylation sites is 1. The van der Waals surface area contributed by atoms with E-state index in [2.05, 4.69) is 10.6 Å². The molecule has 0 fully saturated rings. The van der Waals surface area contributed by atoms with Gasteiger partial charge < -0.3 is 15.2 Å². The first-order chi connectivity index (χ1) is 13.2. The molecule has 3 aromatic rings. The molecule has 136 valence electrons. The molecule has 2 amide bonds. The second-order valence-corrected chi connectivity index (χ2v) is 6.77. The molecule has 2 heterocycles. The minimum Gasteiger partial charge on any atom is -0.349 e. The van der Waals surface area contributed by atoms with Crippen molar-refractivity contribution in [2.24, 2.45) is 0 Å². The van der Waals surface area contributed by atoms with E-state index in [1.54, 1.807) is 6.07 Å². The zero-order valence-electron chi connectivity index (χ0n) is 14.9. The first-order valence-corrected chi connectivity index (χ1v) is 9.08. The number of nitrogens with zero attached hydrogens (tertiary/aromatic N) is 1. The molecule has 1 aromatic heterocycles.